The van der Waals surface area contributed by atoms with Crippen molar-refractivity contribution in [2.45, 2.75) is 18.9 Å². The highest BCUT2D eigenvalue weighted by Crippen LogP contribution is 2.21. The van der Waals surface area contributed by atoms with Crippen LogP contribution in [0.3, 0.4) is 0 Å². The van der Waals surface area contributed by atoms with Crippen molar-refractivity contribution in [3.05, 3.63) is 34.6 Å². The van der Waals surface area contributed by atoms with E-state index < -0.39 is 5.82 Å². The third-order valence-electron chi connectivity index (χ3n) is 2.09. The molecule has 0 fully saturated rings. The molecule has 0 unspecified atom stereocenters. The molecule has 0 aliphatic rings. The topological polar surface area (TPSA) is 52.0 Å². The standard InChI is InChI=1S/C10H14ClFN2/c11-8-6-7(3-4-9(8)12)10(14)2-1-5-13/h3-4,6,10H,1-2,5,13-14H2/t10-/m0/s1. The molecule has 0 saturated carbocycles. The Kier molecular flexibility index (Phi) is 4.32. The molecule has 2 nitrogen and oxygen atoms in total. The van der Waals surface area contributed by atoms with Crippen LogP contribution in [-0.4, -0.2) is 6.54 Å². The van der Waals surface area contributed by atoms with Crippen molar-refractivity contribution in [3.8, 4) is 0 Å². The van der Waals surface area contributed by atoms with Gasteiger partial charge in [0.15, 0.2) is 0 Å². The van der Waals surface area contributed by atoms with Gasteiger partial charge in [-0.25, -0.2) is 4.39 Å². The van der Waals surface area contributed by atoms with Crippen molar-refractivity contribution in [1.29, 1.82) is 0 Å². The van der Waals surface area contributed by atoms with Crippen molar-refractivity contribution in [3.63, 3.8) is 0 Å². The van der Waals surface area contributed by atoms with Crippen molar-refractivity contribution >= 4 is 11.6 Å². The molecule has 0 spiro atoms. The number of benzene rings is 1. The minimum atomic E-state index is -0.415. The van der Waals surface area contributed by atoms with Crippen LogP contribution in [0.15, 0.2) is 18.2 Å². The summed E-state index contributed by atoms with van der Waals surface area (Å²) in [5.74, 6) is -0.415. The van der Waals surface area contributed by atoms with Gasteiger partial charge >= 0.3 is 0 Å². The number of nitrogens with two attached hydrogens (primary N) is 2. The van der Waals surface area contributed by atoms with Gasteiger partial charge in [-0.2, -0.15) is 0 Å². The highest BCUT2D eigenvalue weighted by molar-refractivity contribution is 6.30. The van der Waals surface area contributed by atoms with E-state index in [1.807, 2.05) is 0 Å². The second kappa shape index (κ2) is 5.29. The summed E-state index contributed by atoms with van der Waals surface area (Å²) in [6.45, 7) is 0.614. The van der Waals surface area contributed by atoms with E-state index in [1.54, 1.807) is 12.1 Å². The Morgan fingerprint density at radius 3 is 2.71 bits per heavy atom. The van der Waals surface area contributed by atoms with Crippen LogP contribution < -0.4 is 11.5 Å². The number of rotatable bonds is 4. The lowest BCUT2D eigenvalue weighted by molar-refractivity contribution is 0.607. The van der Waals surface area contributed by atoms with E-state index in [0.717, 1.165) is 18.4 Å². The molecule has 14 heavy (non-hydrogen) atoms. The largest absolute Gasteiger partial charge is 0.330 e. The molecule has 0 radical (unpaired) electrons. The van der Waals surface area contributed by atoms with Crippen LogP contribution in [0, 0.1) is 5.82 Å². The summed E-state index contributed by atoms with van der Waals surface area (Å²) >= 11 is 5.64. The molecule has 0 bridgehead atoms. The molecule has 78 valence electrons. The molecule has 1 atom stereocenters. The number of hydrogen-bond donors (Lipinski definition) is 2. The van der Waals surface area contributed by atoms with Crippen LogP contribution in [0.2, 0.25) is 5.02 Å². The summed E-state index contributed by atoms with van der Waals surface area (Å²) < 4.78 is 12.8. The zero-order chi connectivity index (χ0) is 10.6. The lowest BCUT2D eigenvalue weighted by atomic mass is 10.0. The Balaban J connectivity index is 2.70. The number of halogens is 2. The van der Waals surface area contributed by atoms with Crippen LogP contribution in [0.4, 0.5) is 4.39 Å². The molecule has 1 aromatic carbocycles. The first-order valence-electron chi connectivity index (χ1n) is 4.55. The van der Waals surface area contributed by atoms with Crippen LogP contribution in [0.25, 0.3) is 0 Å². The highest BCUT2D eigenvalue weighted by atomic mass is 35.5. The van der Waals surface area contributed by atoms with Crippen LogP contribution in [0.1, 0.15) is 24.4 Å². The molecule has 0 heterocycles. The fourth-order valence-electron chi connectivity index (χ4n) is 1.25. The maximum Gasteiger partial charge on any atom is 0.141 e. The summed E-state index contributed by atoms with van der Waals surface area (Å²) in [5.41, 5.74) is 12.1. The van der Waals surface area contributed by atoms with E-state index in [4.69, 9.17) is 23.1 Å². The van der Waals surface area contributed by atoms with Crippen molar-refractivity contribution in [1.82, 2.24) is 0 Å². The highest BCUT2D eigenvalue weighted by Gasteiger charge is 2.07. The van der Waals surface area contributed by atoms with Gasteiger partial charge < -0.3 is 11.5 Å². The Hall–Kier alpha value is -0.640. The molecule has 0 saturated heterocycles. The third kappa shape index (κ3) is 2.94. The third-order valence-corrected chi connectivity index (χ3v) is 2.38. The lowest BCUT2D eigenvalue weighted by Crippen LogP contribution is -2.12. The van der Waals surface area contributed by atoms with Gasteiger partial charge in [0, 0.05) is 6.04 Å². The first-order valence-corrected chi connectivity index (χ1v) is 4.93. The van der Waals surface area contributed by atoms with E-state index in [9.17, 15) is 4.39 Å². The van der Waals surface area contributed by atoms with Gasteiger partial charge in [0.2, 0.25) is 0 Å². The van der Waals surface area contributed by atoms with Gasteiger partial charge in [0.25, 0.3) is 0 Å². The van der Waals surface area contributed by atoms with Gasteiger partial charge in [-0.3, -0.25) is 0 Å². The molecular weight excluding hydrogens is 203 g/mol. The van der Waals surface area contributed by atoms with E-state index >= 15 is 0 Å². The van der Waals surface area contributed by atoms with Gasteiger partial charge in [0.05, 0.1) is 5.02 Å². The van der Waals surface area contributed by atoms with Crippen LogP contribution in [-0.2, 0) is 0 Å². The SMILES string of the molecule is NCCC[C@H](N)c1ccc(F)c(Cl)c1. The Morgan fingerprint density at radius 2 is 2.14 bits per heavy atom. The maximum atomic E-state index is 12.8. The van der Waals surface area contributed by atoms with Gasteiger partial charge in [-0.15, -0.1) is 0 Å². The van der Waals surface area contributed by atoms with E-state index in [1.165, 1.54) is 6.07 Å². The van der Waals surface area contributed by atoms with E-state index in [0.29, 0.717) is 6.54 Å². The summed E-state index contributed by atoms with van der Waals surface area (Å²) in [6, 6.07) is 4.44. The van der Waals surface area contributed by atoms with E-state index in [2.05, 4.69) is 0 Å². The minimum absolute atomic E-state index is 0.114. The quantitative estimate of drug-likeness (QED) is 0.811. The molecular formula is C10H14ClFN2. The summed E-state index contributed by atoms with van der Waals surface area (Å²) in [4.78, 5) is 0. The van der Waals surface area contributed by atoms with Gasteiger partial charge in [-0.1, -0.05) is 17.7 Å². The number of hydrogen-bond acceptors (Lipinski definition) is 2. The first kappa shape index (κ1) is 11.4. The Bertz CT molecular complexity index is 304. The average molecular weight is 217 g/mol. The monoisotopic (exact) mass is 216 g/mol. The van der Waals surface area contributed by atoms with Crippen LogP contribution >= 0.6 is 11.6 Å². The molecule has 4 N–H and O–H groups in total. The van der Waals surface area contributed by atoms with Crippen molar-refractivity contribution in [2.24, 2.45) is 11.5 Å². The normalized spacial score (nSPS) is 12.9. The second-order valence-corrected chi connectivity index (χ2v) is 3.62. The molecule has 0 aromatic heterocycles. The second-order valence-electron chi connectivity index (χ2n) is 3.21. The minimum Gasteiger partial charge on any atom is -0.330 e. The molecule has 0 amide bonds. The molecule has 0 aliphatic carbocycles. The zero-order valence-corrected chi connectivity index (χ0v) is 8.60. The molecule has 4 heteroatoms. The summed E-state index contributed by atoms with van der Waals surface area (Å²) in [7, 11) is 0. The fraction of sp³-hybridized carbons (Fsp3) is 0.400. The fourth-order valence-corrected chi connectivity index (χ4v) is 1.44. The van der Waals surface area contributed by atoms with Crippen LogP contribution in [0.5, 0.6) is 0 Å². The van der Waals surface area contributed by atoms with Gasteiger partial charge in [0.1, 0.15) is 5.82 Å². The predicted octanol–water partition coefficient (Wildman–Crippen LogP) is 2.22. The lowest BCUT2D eigenvalue weighted by Gasteiger charge is -2.11. The summed E-state index contributed by atoms with van der Waals surface area (Å²) in [5, 5.41) is 0.116. The zero-order valence-electron chi connectivity index (χ0n) is 7.84. The Labute approximate surface area is 88.0 Å². The maximum absolute atomic E-state index is 12.8. The van der Waals surface area contributed by atoms with Gasteiger partial charge in [-0.05, 0) is 37.1 Å². The molecule has 1 aromatic rings. The molecule has 0 aliphatic heterocycles. The van der Waals surface area contributed by atoms with Crippen molar-refractivity contribution in [2.75, 3.05) is 6.54 Å². The smallest absolute Gasteiger partial charge is 0.141 e. The first-order chi connectivity index (χ1) is 6.65. The summed E-state index contributed by atoms with van der Waals surface area (Å²) in [6.07, 6.45) is 1.65. The average Bonchev–Trinajstić information content (AvgIpc) is 2.18. The Morgan fingerprint density at radius 1 is 1.43 bits per heavy atom. The molecule has 1 rings (SSSR count). The van der Waals surface area contributed by atoms with Crippen molar-refractivity contribution < 1.29 is 4.39 Å². The van der Waals surface area contributed by atoms with E-state index in [-0.39, 0.29) is 11.1 Å². The predicted molar refractivity (Wildman–Crippen MR) is 56.6 cm³/mol.